The van der Waals surface area contributed by atoms with Crippen molar-refractivity contribution in [1.29, 1.82) is 0 Å². The van der Waals surface area contributed by atoms with E-state index in [2.05, 4.69) is 19.2 Å². The third-order valence-electron chi connectivity index (χ3n) is 1.77. The second-order valence-corrected chi connectivity index (χ2v) is 3.73. The molecular weight excluding hydrogens is 166 g/mol. The molecule has 0 aliphatic rings. The van der Waals surface area contributed by atoms with Crippen LogP contribution < -0.4 is 5.32 Å². The second kappa shape index (κ2) is 8.05. The maximum absolute atomic E-state index is 11.1. The van der Waals surface area contributed by atoms with Crippen LogP contribution in [0.1, 0.15) is 39.5 Å². The summed E-state index contributed by atoms with van der Waals surface area (Å²) in [4.78, 5) is 11.1. The molecule has 0 aliphatic heterocycles. The molecule has 78 valence electrons. The Hall–Kier alpha value is -0.570. The Morgan fingerprint density at radius 3 is 2.54 bits per heavy atom. The lowest BCUT2D eigenvalue weighted by molar-refractivity contribution is -0.121. The number of aliphatic hydroxyl groups is 1. The van der Waals surface area contributed by atoms with Gasteiger partial charge in [0.25, 0.3) is 0 Å². The van der Waals surface area contributed by atoms with E-state index in [4.69, 9.17) is 5.11 Å². The van der Waals surface area contributed by atoms with Gasteiger partial charge in [-0.1, -0.05) is 20.3 Å². The van der Waals surface area contributed by atoms with Crippen molar-refractivity contribution in [2.24, 2.45) is 5.92 Å². The first-order valence-electron chi connectivity index (χ1n) is 5.04. The Labute approximate surface area is 80.5 Å². The molecule has 0 saturated carbocycles. The van der Waals surface area contributed by atoms with Crippen molar-refractivity contribution in [3.05, 3.63) is 0 Å². The minimum absolute atomic E-state index is 0.131. The Kier molecular flexibility index (Phi) is 7.69. The van der Waals surface area contributed by atoms with Crippen molar-refractivity contribution in [2.75, 3.05) is 13.2 Å². The van der Waals surface area contributed by atoms with Crippen LogP contribution in [0, 0.1) is 5.92 Å². The minimum atomic E-state index is 0.131. The van der Waals surface area contributed by atoms with Gasteiger partial charge in [0, 0.05) is 19.6 Å². The van der Waals surface area contributed by atoms with Gasteiger partial charge < -0.3 is 10.4 Å². The molecule has 0 bridgehead atoms. The lowest BCUT2D eigenvalue weighted by Gasteiger charge is -2.06. The van der Waals surface area contributed by atoms with Crippen LogP contribution in [0.4, 0.5) is 0 Å². The van der Waals surface area contributed by atoms with E-state index in [1.165, 1.54) is 0 Å². The Morgan fingerprint density at radius 2 is 2.00 bits per heavy atom. The van der Waals surface area contributed by atoms with Gasteiger partial charge in [0.1, 0.15) is 0 Å². The molecule has 1 amide bonds. The third kappa shape index (κ3) is 9.34. The van der Waals surface area contributed by atoms with Crippen molar-refractivity contribution in [2.45, 2.75) is 39.5 Å². The highest BCUT2D eigenvalue weighted by Gasteiger charge is 2.01. The summed E-state index contributed by atoms with van der Waals surface area (Å²) in [5.41, 5.74) is 0. The second-order valence-electron chi connectivity index (χ2n) is 3.73. The van der Waals surface area contributed by atoms with Crippen molar-refractivity contribution in [3.63, 3.8) is 0 Å². The average Bonchev–Trinajstić information content (AvgIpc) is 2.09. The van der Waals surface area contributed by atoms with E-state index in [0.717, 1.165) is 25.8 Å². The van der Waals surface area contributed by atoms with Crippen LogP contribution in [0.25, 0.3) is 0 Å². The quantitative estimate of drug-likeness (QED) is 0.590. The monoisotopic (exact) mass is 187 g/mol. The fourth-order valence-corrected chi connectivity index (χ4v) is 0.980. The number of carbonyl (C=O) groups is 1. The number of unbranched alkanes of at least 4 members (excludes halogenated alkanes) is 2. The van der Waals surface area contributed by atoms with Crippen LogP contribution in [0.2, 0.25) is 0 Å². The van der Waals surface area contributed by atoms with Crippen LogP contribution in [0.3, 0.4) is 0 Å². The van der Waals surface area contributed by atoms with E-state index in [1.807, 2.05) is 0 Å². The molecule has 0 fully saturated rings. The number of carbonyl (C=O) groups excluding carboxylic acids is 1. The highest BCUT2D eigenvalue weighted by atomic mass is 16.2. The number of nitrogens with one attached hydrogen (secondary N) is 1. The van der Waals surface area contributed by atoms with Crippen molar-refractivity contribution >= 4 is 5.91 Å². The third-order valence-corrected chi connectivity index (χ3v) is 1.77. The van der Waals surface area contributed by atoms with Gasteiger partial charge in [0.15, 0.2) is 0 Å². The molecule has 2 N–H and O–H groups in total. The average molecular weight is 187 g/mol. The lowest BCUT2D eigenvalue weighted by atomic mass is 10.2. The molecule has 0 rings (SSSR count). The zero-order valence-corrected chi connectivity index (χ0v) is 8.68. The Balaban J connectivity index is 3.20. The molecule has 3 nitrogen and oxygen atoms in total. The molecule has 0 atom stereocenters. The maximum Gasteiger partial charge on any atom is 0.220 e. The summed E-state index contributed by atoms with van der Waals surface area (Å²) in [7, 11) is 0. The molecule has 0 saturated heterocycles. The van der Waals surface area contributed by atoms with Gasteiger partial charge in [0.05, 0.1) is 0 Å². The van der Waals surface area contributed by atoms with E-state index in [-0.39, 0.29) is 12.5 Å². The van der Waals surface area contributed by atoms with Crippen LogP contribution >= 0.6 is 0 Å². The number of hydrogen-bond acceptors (Lipinski definition) is 2. The summed E-state index contributed by atoms with van der Waals surface area (Å²) in [6.45, 7) is 5.14. The van der Waals surface area contributed by atoms with E-state index in [9.17, 15) is 4.79 Å². The summed E-state index contributed by atoms with van der Waals surface area (Å²) in [5, 5.41) is 11.4. The van der Waals surface area contributed by atoms with Crippen molar-refractivity contribution in [1.82, 2.24) is 5.32 Å². The molecule has 0 unspecified atom stereocenters. The number of hydrogen-bond donors (Lipinski definition) is 2. The smallest absolute Gasteiger partial charge is 0.220 e. The Morgan fingerprint density at radius 1 is 1.31 bits per heavy atom. The fourth-order valence-electron chi connectivity index (χ4n) is 0.980. The number of aliphatic hydroxyl groups excluding tert-OH is 1. The van der Waals surface area contributed by atoms with Gasteiger partial charge in [-0.25, -0.2) is 0 Å². The molecule has 3 heteroatoms. The van der Waals surface area contributed by atoms with Crippen LogP contribution in [-0.2, 0) is 4.79 Å². The van der Waals surface area contributed by atoms with E-state index in [1.54, 1.807) is 0 Å². The van der Waals surface area contributed by atoms with Gasteiger partial charge in [-0.2, -0.15) is 0 Å². The van der Waals surface area contributed by atoms with Gasteiger partial charge in [-0.05, 0) is 18.8 Å². The molecule has 0 radical (unpaired) electrons. The van der Waals surface area contributed by atoms with Crippen LogP contribution in [0.15, 0.2) is 0 Å². The lowest BCUT2D eigenvalue weighted by Crippen LogP contribution is -2.26. The van der Waals surface area contributed by atoms with Gasteiger partial charge >= 0.3 is 0 Å². The molecular formula is C10H21NO2. The standard InChI is InChI=1S/C10H21NO2/c1-9(2)8-11-10(13)6-4-3-5-7-12/h9,12H,3-8H2,1-2H3,(H,11,13). The molecule has 0 aliphatic carbocycles. The molecule has 13 heavy (non-hydrogen) atoms. The maximum atomic E-state index is 11.1. The zero-order valence-electron chi connectivity index (χ0n) is 8.68. The SMILES string of the molecule is CC(C)CNC(=O)CCCCCO. The Bertz CT molecular complexity index is 135. The largest absolute Gasteiger partial charge is 0.396 e. The summed E-state index contributed by atoms with van der Waals surface area (Å²) in [5.74, 6) is 0.646. The molecule has 0 aromatic rings. The zero-order chi connectivity index (χ0) is 10.1. The summed E-state index contributed by atoms with van der Waals surface area (Å²) in [6.07, 6.45) is 3.21. The fraction of sp³-hybridized carbons (Fsp3) is 0.900. The number of amides is 1. The summed E-state index contributed by atoms with van der Waals surface area (Å²) >= 11 is 0. The summed E-state index contributed by atoms with van der Waals surface area (Å²) < 4.78 is 0. The van der Waals surface area contributed by atoms with Gasteiger partial charge in [-0.3, -0.25) is 4.79 Å². The minimum Gasteiger partial charge on any atom is -0.396 e. The molecule has 0 aromatic carbocycles. The van der Waals surface area contributed by atoms with E-state index < -0.39 is 0 Å². The molecule has 0 spiro atoms. The first-order valence-corrected chi connectivity index (χ1v) is 5.04. The first-order chi connectivity index (χ1) is 6.16. The molecule has 0 heterocycles. The van der Waals surface area contributed by atoms with E-state index in [0.29, 0.717) is 12.3 Å². The predicted octanol–water partition coefficient (Wildman–Crippen LogP) is 1.31. The molecule has 0 aromatic heterocycles. The highest BCUT2D eigenvalue weighted by molar-refractivity contribution is 5.75. The van der Waals surface area contributed by atoms with Crippen LogP contribution in [-0.4, -0.2) is 24.2 Å². The summed E-state index contributed by atoms with van der Waals surface area (Å²) in [6, 6.07) is 0. The van der Waals surface area contributed by atoms with Crippen LogP contribution in [0.5, 0.6) is 0 Å². The van der Waals surface area contributed by atoms with Gasteiger partial charge in [-0.15, -0.1) is 0 Å². The number of rotatable bonds is 7. The van der Waals surface area contributed by atoms with Crippen molar-refractivity contribution < 1.29 is 9.90 Å². The topological polar surface area (TPSA) is 49.3 Å². The van der Waals surface area contributed by atoms with Gasteiger partial charge in [0.2, 0.25) is 5.91 Å². The normalized spacial score (nSPS) is 10.5. The first kappa shape index (κ1) is 12.4. The van der Waals surface area contributed by atoms with E-state index >= 15 is 0 Å². The van der Waals surface area contributed by atoms with Crippen molar-refractivity contribution in [3.8, 4) is 0 Å². The highest BCUT2D eigenvalue weighted by Crippen LogP contribution is 1.99. The predicted molar refractivity (Wildman–Crippen MR) is 53.4 cm³/mol.